The molecule has 0 aliphatic heterocycles. The van der Waals surface area contributed by atoms with E-state index in [1.807, 2.05) is 0 Å². The molecule has 1 aromatic carbocycles. The molecule has 14 heavy (non-hydrogen) atoms. The molecule has 0 aliphatic rings. The summed E-state index contributed by atoms with van der Waals surface area (Å²) in [5.41, 5.74) is 5.49. The van der Waals surface area contributed by atoms with Crippen LogP contribution in [0.5, 0.6) is 0 Å². The molecule has 0 amide bonds. The van der Waals surface area contributed by atoms with Gasteiger partial charge in [-0.25, -0.2) is 9.59 Å². The summed E-state index contributed by atoms with van der Waals surface area (Å²) in [7, 11) is 0. The number of nitrogen functional groups attached to an aromatic ring is 1. The van der Waals surface area contributed by atoms with Crippen molar-refractivity contribution in [2.75, 3.05) is 5.73 Å². The minimum Gasteiger partial charge on any atom is -0.478 e. The molecular formula is C9H9NO4. The van der Waals surface area contributed by atoms with Crippen LogP contribution in [0, 0.1) is 6.92 Å². The summed E-state index contributed by atoms with van der Waals surface area (Å²) < 4.78 is 0. The summed E-state index contributed by atoms with van der Waals surface area (Å²) in [4.78, 5) is 21.5. The number of nitrogens with two attached hydrogens (primary N) is 1. The molecule has 5 heteroatoms. The number of carboxylic acid groups (broad SMARTS) is 2. The van der Waals surface area contributed by atoms with E-state index in [1.165, 1.54) is 13.0 Å². The van der Waals surface area contributed by atoms with E-state index in [4.69, 9.17) is 15.9 Å². The van der Waals surface area contributed by atoms with Crippen LogP contribution in [-0.2, 0) is 0 Å². The van der Waals surface area contributed by atoms with Crippen LogP contribution in [0.25, 0.3) is 0 Å². The Morgan fingerprint density at radius 3 is 2.21 bits per heavy atom. The molecule has 74 valence electrons. The van der Waals surface area contributed by atoms with Crippen molar-refractivity contribution in [3.05, 3.63) is 28.8 Å². The summed E-state index contributed by atoms with van der Waals surface area (Å²) in [6.07, 6.45) is 0. The molecule has 0 spiro atoms. The van der Waals surface area contributed by atoms with Gasteiger partial charge in [-0.2, -0.15) is 0 Å². The zero-order chi connectivity index (χ0) is 10.9. The SMILES string of the molecule is Cc1cc(N)cc(C(=O)O)c1C(=O)O. The molecule has 0 unspecified atom stereocenters. The molecule has 0 aliphatic carbocycles. The second-order valence-corrected chi connectivity index (χ2v) is 2.87. The van der Waals surface area contributed by atoms with Gasteiger partial charge in [-0.3, -0.25) is 0 Å². The highest BCUT2D eigenvalue weighted by Gasteiger charge is 2.18. The largest absolute Gasteiger partial charge is 0.478 e. The summed E-state index contributed by atoms with van der Waals surface area (Å²) in [6, 6.07) is 2.56. The van der Waals surface area contributed by atoms with Crippen LogP contribution in [0.1, 0.15) is 26.3 Å². The van der Waals surface area contributed by atoms with E-state index in [2.05, 4.69) is 0 Å². The second kappa shape index (κ2) is 3.37. The molecule has 0 heterocycles. The maximum atomic E-state index is 10.8. The van der Waals surface area contributed by atoms with Crippen LogP contribution < -0.4 is 5.73 Å². The number of anilines is 1. The zero-order valence-corrected chi connectivity index (χ0v) is 7.44. The maximum Gasteiger partial charge on any atom is 0.336 e. The van der Waals surface area contributed by atoms with Crippen molar-refractivity contribution in [1.82, 2.24) is 0 Å². The monoisotopic (exact) mass is 195 g/mol. The lowest BCUT2D eigenvalue weighted by atomic mass is 10.0. The van der Waals surface area contributed by atoms with Crippen LogP contribution in [-0.4, -0.2) is 22.2 Å². The third kappa shape index (κ3) is 1.66. The zero-order valence-electron chi connectivity index (χ0n) is 7.44. The van der Waals surface area contributed by atoms with E-state index in [9.17, 15) is 9.59 Å². The number of benzene rings is 1. The molecule has 0 aromatic heterocycles. The van der Waals surface area contributed by atoms with Crippen molar-refractivity contribution in [3.63, 3.8) is 0 Å². The van der Waals surface area contributed by atoms with Crippen molar-refractivity contribution < 1.29 is 19.8 Å². The standard InChI is InChI=1S/C9H9NO4/c1-4-2-5(10)3-6(8(11)12)7(4)9(13)14/h2-3H,10H2,1H3,(H,11,12)(H,13,14). The summed E-state index contributed by atoms with van der Waals surface area (Å²) in [5.74, 6) is -2.56. The predicted molar refractivity (Wildman–Crippen MR) is 49.5 cm³/mol. The van der Waals surface area contributed by atoms with Crippen LogP contribution in [0.3, 0.4) is 0 Å². The van der Waals surface area contributed by atoms with Crippen LogP contribution in [0.4, 0.5) is 5.69 Å². The van der Waals surface area contributed by atoms with Gasteiger partial charge in [0.05, 0.1) is 11.1 Å². The van der Waals surface area contributed by atoms with Gasteiger partial charge in [0.1, 0.15) is 0 Å². The molecule has 0 fully saturated rings. The van der Waals surface area contributed by atoms with E-state index < -0.39 is 11.9 Å². The molecule has 0 atom stereocenters. The van der Waals surface area contributed by atoms with E-state index in [-0.39, 0.29) is 16.8 Å². The van der Waals surface area contributed by atoms with Crippen LogP contribution in [0.15, 0.2) is 12.1 Å². The topological polar surface area (TPSA) is 101 Å². The fraction of sp³-hybridized carbons (Fsp3) is 0.111. The van der Waals surface area contributed by atoms with Gasteiger partial charge in [0.15, 0.2) is 0 Å². The van der Waals surface area contributed by atoms with Gasteiger partial charge < -0.3 is 15.9 Å². The normalized spacial score (nSPS) is 9.79. The van der Waals surface area contributed by atoms with Crippen molar-refractivity contribution in [2.45, 2.75) is 6.92 Å². The van der Waals surface area contributed by atoms with Crippen LogP contribution >= 0.6 is 0 Å². The molecule has 0 saturated heterocycles. The van der Waals surface area contributed by atoms with Gasteiger partial charge in [0.25, 0.3) is 0 Å². The molecular weight excluding hydrogens is 186 g/mol. The number of aromatic carboxylic acids is 2. The molecule has 0 bridgehead atoms. The van der Waals surface area contributed by atoms with Crippen LogP contribution in [0.2, 0.25) is 0 Å². The molecule has 0 saturated carbocycles. The predicted octanol–water partition coefficient (Wildman–Crippen LogP) is 0.974. The minimum absolute atomic E-state index is 0.216. The molecule has 1 aromatic rings. The van der Waals surface area contributed by atoms with Gasteiger partial charge in [0, 0.05) is 5.69 Å². The second-order valence-electron chi connectivity index (χ2n) is 2.87. The first-order valence-corrected chi connectivity index (χ1v) is 3.80. The van der Waals surface area contributed by atoms with Gasteiger partial charge in [0.2, 0.25) is 0 Å². The Balaban J connectivity index is 3.52. The van der Waals surface area contributed by atoms with Gasteiger partial charge >= 0.3 is 11.9 Å². The highest BCUT2D eigenvalue weighted by Crippen LogP contribution is 2.18. The van der Waals surface area contributed by atoms with E-state index in [0.717, 1.165) is 6.07 Å². The fourth-order valence-corrected chi connectivity index (χ4v) is 1.27. The lowest BCUT2D eigenvalue weighted by molar-refractivity contribution is 0.0651. The maximum absolute atomic E-state index is 10.8. The number of hydrogen-bond donors (Lipinski definition) is 3. The number of carboxylic acids is 2. The third-order valence-corrected chi connectivity index (χ3v) is 1.80. The third-order valence-electron chi connectivity index (χ3n) is 1.80. The number of hydrogen-bond acceptors (Lipinski definition) is 3. The van der Waals surface area contributed by atoms with Crippen molar-refractivity contribution in [2.24, 2.45) is 0 Å². The lowest BCUT2D eigenvalue weighted by Gasteiger charge is -2.06. The van der Waals surface area contributed by atoms with Gasteiger partial charge in [-0.05, 0) is 24.6 Å². The Morgan fingerprint density at radius 2 is 1.79 bits per heavy atom. The summed E-state index contributed by atoms with van der Waals surface area (Å²) in [6.45, 7) is 1.51. The van der Waals surface area contributed by atoms with E-state index >= 15 is 0 Å². The Kier molecular flexibility index (Phi) is 2.42. The quantitative estimate of drug-likeness (QED) is 0.610. The highest BCUT2D eigenvalue weighted by atomic mass is 16.4. The molecule has 1 rings (SSSR count). The number of aryl methyl sites for hydroxylation is 1. The Hall–Kier alpha value is -2.04. The molecule has 0 radical (unpaired) electrons. The fourth-order valence-electron chi connectivity index (χ4n) is 1.27. The summed E-state index contributed by atoms with van der Waals surface area (Å²) >= 11 is 0. The van der Waals surface area contributed by atoms with E-state index in [1.54, 1.807) is 0 Å². The molecule has 5 nitrogen and oxygen atoms in total. The first kappa shape index (κ1) is 10.0. The minimum atomic E-state index is -1.29. The number of rotatable bonds is 2. The average molecular weight is 195 g/mol. The Morgan fingerprint density at radius 1 is 1.21 bits per heavy atom. The van der Waals surface area contributed by atoms with Crippen molar-refractivity contribution in [1.29, 1.82) is 0 Å². The van der Waals surface area contributed by atoms with Gasteiger partial charge in [-0.1, -0.05) is 0 Å². The van der Waals surface area contributed by atoms with Crippen molar-refractivity contribution in [3.8, 4) is 0 Å². The van der Waals surface area contributed by atoms with Gasteiger partial charge in [-0.15, -0.1) is 0 Å². The lowest BCUT2D eigenvalue weighted by Crippen LogP contribution is -2.11. The molecule has 4 N–H and O–H groups in total. The average Bonchev–Trinajstić information content (AvgIpc) is 2.01. The Bertz CT molecular complexity index is 412. The first-order valence-electron chi connectivity index (χ1n) is 3.80. The smallest absolute Gasteiger partial charge is 0.336 e. The summed E-state index contributed by atoms with van der Waals surface area (Å²) in [5, 5.41) is 17.5. The highest BCUT2D eigenvalue weighted by molar-refractivity contribution is 6.03. The first-order chi connectivity index (χ1) is 6.43. The van der Waals surface area contributed by atoms with E-state index in [0.29, 0.717) is 5.56 Å². The van der Waals surface area contributed by atoms with Crippen molar-refractivity contribution >= 4 is 17.6 Å². The Labute approximate surface area is 79.8 Å². The number of carbonyl (C=O) groups is 2.